The smallest absolute Gasteiger partial charge is 0.335 e. The molecule has 0 radical (unpaired) electrons. The Kier molecular flexibility index (Phi) is 11.8. The molecular formula is C36H35N3O8S. The van der Waals surface area contributed by atoms with Crippen LogP contribution in [0.4, 0.5) is 11.4 Å². The number of anilines is 2. The van der Waals surface area contributed by atoms with E-state index in [1.165, 1.54) is 51.3 Å². The predicted octanol–water partition coefficient (Wildman–Crippen LogP) is 6.25. The van der Waals surface area contributed by atoms with Crippen LogP contribution in [0.2, 0.25) is 0 Å². The number of aromatic carboxylic acids is 1. The summed E-state index contributed by atoms with van der Waals surface area (Å²) in [5.41, 5.74) is 2.46. The number of rotatable bonds is 13. The van der Waals surface area contributed by atoms with Gasteiger partial charge in [-0.3, -0.25) is 14.4 Å². The van der Waals surface area contributed by atoms with E-state index < -0.39 is 23.0 Å². The predicted molar refractivity (Wildman–Crippen MR) is 185 cm³/mol. The van der Waals surface area contributed by atoms with Gasteiger partial charge in [0.05, 0.1) is 32.1 Å². The SMILES string of the molecule is COc1cc(OC)c(OC)cc1/C=C(\NC(=O)c1ccccc1)C(=O)Nc1ccc(SC(C)C(=O)Nc2cc(C(=O)O)ccc2C)cc1. The minimum atomic E-state index is -1.08. The van der Waals surface area contributed by atoms with Crippen molar-refractivity contribution in [2.45, 2.75) is 24.0 Å². The number of amides is 3. The summed E-state index contributed by atoms with van der Waals surface area (Å²) in [6.07, 6.45) is 1.48. The largest absolute Gasteiger partial charge is 0.496 e. The van der Waals surface area contributed by atoms with Crippen LogP contribution in [0.25, 0.3) is 6.08 Å². The van der Waals surface area contributed by atoms with Crippen molar-refractivity contribution < 1.29 is 38.5 Å². The molecule has 0 saturated carbocycles. The van der Waals surface area contributed by atoms with Crippen molar-refractivity contribution in [3.05, 3.63) is 113 Å². The fraction of sp³-hybridized carbons (Fsp3) is 0.167. The number of carboxylic acid groups (broad SMARTS) is 1. The van der Waals surface area contributed by atoms with Crippen LogP contribution in [-0.4, -0.2) is 55.4 Å². The van der Waals surface area contributed by atoms with E-state index in [1.54, 1.807) is 86.6 Å². The van der Waals surface area contributed by atoms with Gasteiger partial charge in [0, 0.05) is 33.5 Å². The lowest BCUT2D eigenvalue weighted by molar-refractivity contribution is -0.115. The second-order valence-corrected chi connectivity index (χ2v) is 11.8. The third kappa shape index (κ3) is 8.95. The molecule has 4 N–H and O–H groups in total. The van der Waals surface area contributed by atoms with E-state index in [2.05, 4.69) is 16.0 Å². The Balaban J connectivity index is 1.52. The van der Waals surface area contributed by atoms with E-state index >= 15 is 0 Å². The molecule has 1 atom stereocenters. The summed E-state index contributed by atoms with van der Waals surface area (Å²) < 4.78 is 16.3. The Labute approximate surface area is 282 Å². The summed E-state index contributed by atoms with van der Waals surface area (Å²) in [4.78, 5) is 51.7. The summed E-state index contributed by atoms with van der Waals surface area (Å²) in [5.74, 6) is -1.24. The second kappa shape index (κ2) is 16.2. The van der Waals surface area contributed by atoms with E-state index in [-0.39, 0.29) is 17.2 Å². The zero-order chi connectivity index (χ0) is 34.8. The van der Waals surface area contributed by atoms with Crippen LogP contribution < -0.4 is 30.2 Å². The first kappa shape index (κ1) is 35.1. The Bertz CT molecular complexity index is 1840. The fourth-order valence-corrected chi connectivity index (χ4v) is 5.33. The number of hydrogen-bond acceptors (Lipinski definition) is 8. The highest BCUT2D eigenvalue weighted by atomic mass is 32.2. The zero-order valence-electron chi connectivity index (χ0n) is 27.0. The van der Waals surface area contributed by atoms with Gasteiger partial charge in [0.2, 0.25) is 5.91 Å². The molecule has 0 aliphatic heterocycles. The standard InChI is InChI=1S/C36H35N3O8S/c1-21-11-12-24(36(43)44)17-28(21)38-33(40)22(2)48-27-15-13-26(14-16-27)37-35(42)29(39-34(41)23-9-7-6-8-10-23)18-25-19-31(46-4)32(47-5)20-30(25)45-3/h6-20,22H,1-5H3,(H,37,42)(H,38,40)(H,39,41)(H,43,44)/b29-18-. The highest BCUT2D eigenvalue weighted by molar-refractivity contribution is 8.00. The third-order valence-electron chi connectivity index (χ3n) is 7.10. The highest BCUT2D eigenvalue weighted by Crippen LogP contribution is 2.36. The van der Waals surface area contributed by atoms with Crippen LogP contribution in [0.5, 0.6) is 17.2 Å². The Morgan fingerprint density at radius 2 is 1.42 bits per heavy atom. The van der Waals surface area contributed by atoms with Crippen LogP contribution in [0.15, 0.2) is 95.5 Å². The Morgan fingerprint density at radius 3 is 2.04 bits per heavy atom. The molecule has 1 unspecified atom stereocenters. The van der Waals surface area contributed by atoms with E-state index in [4.69, 9.17) is 14.2 Å². The summed E-state index contributed by atoms with van der Waals surface area (Å²) in [5, 5.41) is 17.1. The van der Waals surface area contributed by atoms with Crippen molar-refractivity contribution in [1.29, 1.82) is 0 Å². The van der Waals surface area contributed by atoms with E-state index in [1.807, 2.05) is 0 Å². The van der Waals surface area contributed by atoms with Crippen molar-refractivity contribution in [1.82, 2.24) is 5.32 Å². The van der Waals surface area contributed by atoms with Gasteiger partial charge in [-0.05, 0) is 80.1 Å². The number of methoxy groups -OCH3 is 3. The van der Waals surface area contributed by atoms with Crippen molar-refractivity contribution in [2.24, 2.45) is 0 Å². The molecule has 4 aromatic rings. The van der Waals surface area contributed by atoms with Gasteiger partial charge in [-0.25, -0.2) is 4.79 Å². The number of carbonyl (C=O) groups excluding carboxylic acids is 3. The van der Waals surface area contributed by atoms with Gasteiger partial charge in [0.15, 0.2) is 11.5 Å². The number of carbonyl (C=O) groups is 4. The summed E-state index contributed by atoms with van der Waals surface area (Å²) in [6, 6.07) is 23.2. The first-order valence-corrected chi connectivity index (χ1v) is 15.5. The van der Waals surface area contributed by atoms with Crippen molar-refractivity contribution >= 4 is 52.9 Å². The van der Waals surface area contributed by atoms with Crippen LogP contribution in [0.3, 0.4) is 0 Å². The highest BCUT2D eigenvalue weighted by Gasteiger charge is 2.19. The van der Waals surface area contributed by atoms with Gasteiger partial charge in [-0.15, -0.1) is 11.8 Å². The van der Waals surface area contributed by atoms with Crippen molar-refractivity contribution in [2.75, 3.05) is 32.0 Å². The van der Waals surface area contributed by atoms with Gasteiger partial charge < -0.3 is 35.3 Å². The molecule has 0 spiro atoms. The quantitative estimate of drug-likeness (QED) is 0.0957. The molecule has 0 saturated heterocycles. The molecule has 0 aliphatic carbocycles. The van der Waals surface area contributed by atoms with E-state index in [0.717, 1.165) is 10.5 Å². The number of benzene rings is 4. The van der Waals surface area contributed by atoms with Crippen LogP contribution in [0.1, 0.15) is 38.8 Å². The lowest BCUT2D eigenvalue weighted by Crippen LogP contribution is -2.30. The fourth-order valence-electron chi connectivity index (χ4n) is 4.46. The molecule has 0 fully saturated rings. The molecule has 11 nitrogen and oxygen atoms in total. The van der Waals surface area contributed by atoms with Gasteiger partial charge >= 0.3 is 5.97 Å². The Hall–Kier alpha value is -5.75. The summed E-state index contributed by atoms with van der Waals surface area (Å²) in [7, 11) is 4.45. The second-order valence-electron chi connectivity index (χ2n) is 10.4. The molecule has 0 aromatic heterocycles. The number of thioether (sulfide) groups is 1. The maximum absolute atomic E-state index is 13.6. The molecule has 48 heavy (non-hydrogen) atoms. The van der Waals surface area contributed by atoms with Crippen molar-refractivity contribution in [3.8, 4) is 17.2 Å². The van der Waals surface area contributed by atoms with Crippen LogP contribution in [0, 0.1) is 6.92 Å². The zero-order valence-corrected chi connectivity index (χ0v) is 27.8. The van der Waals surface area contributed by atoms with Crippen LogP contribution in [-0.2, 0) is 9.59 Å². The van der Waals surface area contributed by atoms with Crippen molar-refractivity contribution in [3.63, 3.8) is 0 Å². The first-order valence-electron chi connectivity index (χ1n) is 14.6. The molecule has 3 amide bonds. The maximum Gasteiger partial charge on any atom is 0.335 e. The molecule has 248 valence electrons. The van der Waals surface area contributed by atoms with E-state index in [0.29, 0.717) is 39.8 Å². The number of nitrogens with one attached hydrogen (secondary N) is 3. The molecule has 4 rings (SSSR count). The maximum atomic E-state index is 13.6. The lowest BCUT2D eigenvalue weighted by Gasteiger charge is -2.15. The van der Waals surface area contributed by atoms with Gasteiger partial charge in [0.25, 0.3) is 11.8 Å². The Morgan fingerprint density at radius 1 is 0.771 bits per heavy atom. The summed E-state index contributed by atoms with van der Waals surface area (Å²) in [6.45, 7) is 3.52. The molecule has 12 heteroatoms. The number of carboxylic acids is 1. The number of hydrogen-bond donors (Lipinski definition) is 4. The summed E-state index contributed by atoms with van der Waals surface area (Å²) >= 11 is 1.29. The van der Waals surface area contributed by atoms with Gasteiger partial charge in [-0.2, -0.15) is 0 Å². The normalized spacial score (nSPS) is 11.6. The molecule has 4 aromatic carbocycles. The molecular weight excluding hydrogens is 634 g/mol. The minimum Gasteiger partial charge on any atom is -0.496 e. The third-order valence-corrected chi connectivity index (χ3v) is 8.21. The topological polar surface area (TPSA) is 152 Å². The molecule has 0 bridgehead atoms. The van der Waals surface area contributed by atoms with Gasteiger partial charge in [0.1, 0.15) is 11.4 Å². The minimum absolute atomic E-state index is 0.0552. The van der Waals surface area contributed by atoms with E-state index in [9.17, 15) is 24.3 Å². The monoisotopic (exact) mass is 669 g/mol. The first-order chi connectivity index (χ1) is 23.0. The molecule has 0 heterocycles. The average Bonchev–Trinajstić information content (AvgIpc) is 3.09. The van der Waals surface area contributed by atoms with Crippen LogP contribution >= 0.6 is 11.8 Å². The molecule has 0 aliphatic rings. The number of aryl methyl sites for hydroxylation is 1. The van der Waals surface area contributed by atoms with Gasteiger partial charge in [-0.1, -0.05) is 24.3 Å². The average molecular weight is 670 g/mol. The lowest BCUT2D eigenvalue weighted by atomic mass is 10.1. The number of ether oxygens (including phenoxy) is 3.